The number of hydrogen-bond acceptors (Lipinski definition) is 8. The van der Waals surface area contributed by atoms with E-state index in [2.05, 4.69) is 20.9 Å². The molecule has 1 amide bonds. The molecule has 3 aromatic rings. The molecular formula is C24H27N7O3S2. The van der Waals surface area contributed by atoms with Crippen molar-refractivity contribution in [2.24, 2.45) is 0 Å². The first kappa shape index (κ1) is 25.6. The van der Waals surface area contributed by atoms with Crippen molar-refractivity contribution < 1.29 is 9.72 Å². The van der Waals surface area contributed by atoms with Crippen molar-refractivity contribution >= 4 is 46.4 Å². The van der Waals surface area contributed by atoms with Gasteiger partial charge in [-0.2, -0.15) is 0 Å². The first-order chi connectivity index (χ1) is 17.5. The van der Waals surface area contributed by atoms with Crippen LogP contribution in [0.1, 0.15) is 47.9 Å². The number of benzene rings is 2. The number of thiocarbonyl (C=S) groups is 1. The Balaban J connectivity index is 1.44. The van der Waals surface area contributed by atoms with Crippen LogP contribution in [0.3, 0.4) is 0 Å². The van der Waals surface area contributed by atoms with Gasteiger partial charge in [-0.25, -0.2) is 4.68 Å². The zero-order chi connectivity index (χ0) is 25.5. The summed E-state index contributed by atoms with van der Waals surface area (Å²) in [5.41, 5.74) is 4.72. The maximum Gasteiger partial charge on any atom is 0.293 e. The fourth-order valence-electron chi connectivity index (χ4n) is 3.97. The van der Waals surface area contributed by atoms with E-state index in [9.17, 15) is 14.9 Å². The van der Waals surface area contributed by atoms with Crippen LogP contribution in [-0.4, -0.2) is 43.9 Å². The van der Waals surface area contributed by atoms with Crippen LogP contribution < -0.4 is 15.6 Å². The number of nitro benzene ring substituents is 1. The van der Waals surface area contributed by atoms with Crippen molar-refractivity contribution in [3.05, 3.63) is 75.6 Å². The second-order valence-electron chi connectivity index (χ2n) is 8.27. The van der Waals surface area contributed by atoms with E-state index in [0.717, 1.165) is 37.9 Å². The molecule has 2 N–H and O–H groups in total. The van der Waals surface area contributed by atoms with Crippen LogP contribution in [0.25, 0.3) is 0 Å². The molecule has 0 saturated carbocycles. The minimum absolute atomic E-state index is 0.0406. The van der Waals surface area contributed by atoms with E-state index in [0.29, 0.717) is 28.8 Å². The highest BCUT2D eigenvalue weighted by Crippen LogP contribution is 2.31. The van der Waals surface area contributed by atoms with E-state index in [4.69, 9.17) is 12.2 Å². The maximum absolute atomic E-state index is 12.9. The molecule has 2 aromatic carbocycles. The molecule has 36 heavy (non-hydrogen) atoms. The van der Waals surface area contributed by atoms with Crippen molar-refractivity contribution in [1.82, 2.24) is 20.2 Å². The molecule has 2 heterocycles. The largest absolute Gasteiger partial charge is 0.366 e. The molecular weight excluding hydrogens is 498 g/mol. The molecule has 0 atom stereocenters. The molecule has 1 fully saturated rings. The average Bonchev–Trinajstić information content (AvgIpc) is 3.29. The minimum atomic E-state index is -0.537. The van der Waals surface area contributed by atoms with Gasteiger partial charge < -0.3 is 4.90 Å². The highest BCUT2D eigenvalue weighted by Gasteiger charge is 2.23. The first-order valence-corrected chi connectivity index (χ1v) is 13.1. The van der Waals surface area contributed by atoms with Gasteiger partial charge >= 0.3 is 0 Å². The number of piperidine rings is 1. The molecule has 1 saturated heterocycles. The van der Waals surface area contributed by atoms with E-state index in [1.54, 1.807) is 16.8 Å². The van der Waals surface area contributed by atoms with Crippen molar-refractivity contribution in [2.45, 2.75) is 43.5 Å². The summed E-state index contributed by atoms with van der Waals surface area (Å²) in [4.78, 5) is 26.2. The first-order valence-electron chi connectivity index (χ1n) is 11.7. The summed E-state index contributed by atoms with van der Waals surface area (Å²) in [5.74, 6) is 0.811. The summed E-state index contributed by atoms with van der Waals surface area (Å²) in [6, 6.07) is 14.5. The SMILES string of the molecule is CCc1nnc(SCc2ccccc2)n1NC(=S)NC(=O)c1ccc(N2CCCCC2)c([N+](=O)[O-])c1. The van der Waals surface area contributed by atoms with Crippen LogP contribution in [0.2, 0.25) is 0 Å². The molecule has 12 heteroatoms. The molecule has 188 valence electrons. The van der Waals surface area contributed by atoms with Crippen LogP contribution in [-0.2, 0) is 12.2 Å². The van der Waals surface area contributed by atoms with E-state index >= 15 is 0 Å². The number of nitro groups is 1. The summed E-state index contributed by atoms with van der Waals surface area (Å²) in [5, 5.41) is 23.4. The zero-order valence-electron chi connectivity index (χ0n) is 19.8. The van der Waals surface area contributed by atoms with Crippen molar-refractivity contribution in [3.8, 4) is 0 Å². The van der Waals surface area contributed by atoms with Crippen molar-refractivity contribution in [1.29, 1.82) is 0 Å². The lowest BCUT2D eigenvalue weighted by molar-refractivity contribution is -0.384. The Hall–Kier alpha value is -3.51. The third kappa shape index (κ3) is 6.18. The normalized spacial score (nSPS) is 13.3. The highest BCUT2D eigenvalue weighted by molar-refractivity contribution is 7.98. The summed E-state index contributed by atoms with van der Waals surface area (Å²) < 4.78 is 1.65. The molecule has 0 aliphatic carbocycles. The molecule has 1 aliphatic rings. The zero-order valence-corrected chi connectivity index (χ0v) is 21.5. The number of aryl methyl sites for hydroxylation is 1. The van der Waals surface area contributed by atoms with Crippen LogP contribution in [0.15, 0.2) is 53.7 Å². The standard InChI is InChI=1S/C24H27N7O3S2/c1-2-21-26-27-24(36-16-17-9-5-3-6-10-17)30(21)28-23(35)25-22(32)18-11-12-19(20(15-18)31(33)34)29-13-7-4-8-14-29/h3,5-6,9-12,15H,2,4,7-8,13-14,16H2,1H3,(H2,25,28,32,35). The minimum Gasteiger partial charge on any atom is -0.366 e. The van der Waals surface area contributed by atoms with E-state index < -0.39 is 10.8 Å². The Morgan fingerprint density at radius 2 is 1.89 bits per heavy atom. The number of nitrogens with one attached hydrogen (secondary N) is 2. The van der Waals surface area contributed by atoms with Gasteiger partial charge in [0.1, 0.15) is 5.69 Å². The Kier molecular flexibility index (Phi) is 8.49. The number of carbonyl (C=O) groups excluding carboxylic acids is 1. The molecule has 4 rings (SSSR count). The van der Waals surface area contributed by atoms with E-state index in [1.165, 1.54) is 17.8 Å². The molecule has 10 nitrogen and oxygen atoms in total. The van der Waals surface area contributed by atoms with Gasteiger partial charge in [-0.05, 0) is 49.2 Å². The Labute approximate surface area is 218 Å². The number of carbonyl (C=O) groups is 1. The Bertz CT molecular complexity index is 1240. The van der Waals surface area contributed by atoms with Gasteiger partial charge in [0.25, 0.3) is 11.6 Å². The van der Waals surface area contributed by atoms with Gasteiger partial charge in [0.05, 0.1) is 4.92 Å². The smallest absolute Gasteiger partial charge is 0.293 e. The predicted molar refractivity (Wildman–Crippen MR) is 144 cm³/mol. The van der Waals surface area contributed by atoms with Gasteiger partial charge in [0.15, 0.2) is 10.9 Å². The predicted octanol–water partition coefficient (Wildman–Crippen LogP) is 4.29. The summed E-state index contributed by atoms with van der Waals surface area (Å²) >= 11 is 6.85. The third-order valence-electron chi connectivity index (χ3n) is 5.80. The lowest BCUT2D eigenvalue weighted by Gasteiger charge is -2.28. The van der Waals surface area contributed by atoms with Crippen LogP contribution in [0.4, 0.5) is 11.4 Å². The second kappa shape index (κ2) is 12.0. The monoisotopic (exact) mass is 525 g/mol. The number of nitrogens with zero attached hydrogens (tertiary/aromatic N) is 5. The molecule has 1 aliphatic heterocycles. The molecule has 0 radical (unpaired) electrons. The van der Waals surface area contributed by atoms with Gasteiger partial charge in [-0.1, -0.05) is 49.0 Å². The number of hydrogen-bond donors (Lipinski definition) is 2. The number of aromatic nitrogens is 3. The van der Waals surface area contributed by atoms with Crippen molar-refractivity contribution in [2.75, 3.05) is 23.4 Å². The number of amides is 1. The lowest BCUT2D eigenvalue weighted by Crippen LogP contribution is -2.39. The molecule has 0 spiro atoms. The van der Waals surface area contributed by atoms with Gasteiger partial charge in [-0.15, -0.1) is 10.2 Å². The number of thioether (sulfide) groups is 1. The second-order valence-corrected chi connectivity index (χ2v) is 9.62. The Morgan fingerprint density at radius 1 is 1.14 bits per heavy atom. The van der Waals surface area contributed by atoms with E-state index in [-0.39, 0.29) is 16.4 Å². The topological polar surface area (TPSA) is 118 Å². The third-order valence-corrected chi connectivity index (χ3v) is 6.99. The van der Waals surface area contributed by atoms with Crippen LogP contribution >= 0.6 is 24.0 Å². The maximum atomic E-state index is 12.9. The molecule has 0 unspecified atom stereocenters. The van der Waals surface area contributed by atoms with E-state index in [1.807, 2.05) is 42.2 Å². The van der Waals surface area contributed by atoms with Gasteiger partial charge in [-0.3, -0.25) is 25.7 Å². The Morgan fingerprint density at radius 3 is 2.58 bits per heavy atom. The van der Waals surface area contributed by atoms with Gasteiger partial charge in [0.2, 0.25) is 5.16 Å². The molecule has 0 bridgehead atoms. The number of rotatable bonds is 8. The quantitative estimate of drug-likeness (QED) is 0.192. The van der Waals surface area contributed by atoms with Crippen LogP contribution in [0.5, 0.6) is 0 Å². The lowest BCUT2D eigenvalue weighted by atomic mass is 10.1. The fourth-order valence-corrected chi connectivity index (χ4v) is 5.03. The van der Waals surface area contributed by atoms with Gasteiger partial charge in [0, 0.05) is 36.9 Å². The summed E-state index contributed by atoms with van der Waals surface area (Å²) in [6.07, 6.45) is 3.71. The summed E-state index contributed by atoms with van der Waals surface area (Å²) in [7, 11) is 0. The fraction of sp³-hybridized carbons (Fsp3) is 0.333. The molecule has 1 aromatic heterocycles. The number of anilines is 1. The highest BCUT2D eigenvalue weighted by atomic mass is 32.2. The van der Waals surface area contributed by atoms with Crippen LogP contribution in [0, 0.1) is 10.1 Å². The van der Waals surface area contributed by atoms with Crippen molar-refractivity contribution in [3.63, 3.8) is 0 Å². The average molecular weight is 526 g/mol. The summed E-state index contributed by atoms with van der Waals surface area (Å²) in [6.45, 7) is 3.48.